The molecular weight excluding hydrogens is 384 g/mol. The van der Waals surface area contributed by atoms with Crippen LogP contribution >= 0.6 is 11.3 Å². The van der Waals surface area contributed by atoms with Gasteiger partial charge in [-0.3, -0.25) is 4.79 Å². The van der Waals surface area contributed by atoms with Crippen LogP contribution in [-0.4, -0.2) is 62.0 Å². The summed E-state index contributed by atoms with van der Waals surface area (Å²) in [4.78, 5) is 21.6. The van der Waals surface area contributed by atoms with Crippen molar-refractivity contribution in [1.29, 1.82) is 0 Å². The van der Waals surface area contributed by atoms with Crippen molar-refractivity contribution in [3.8, 4) is 0 Å². The number of benzene rings is 1. The summed E-state index contributed by atoms with van der Waals surface area (Å²) >= 11 is 1.72. The monoisotopic (exact) mass is 414 g/mol. The molecule has 0 saturated carbocycles. The quantitative estimate of drug-likeness (QED) is 0.533. The van der Waals surface area contributed by atoms with E-state index in [1.165, 1.54) is 10.4 Å². The minimum atomic E-state index is 0.00219. The lowest BCUT2D eigenvalue weighted by Crippen LogP contribution is -2.40. The SMILES string of the molecule is CN(C)C(=O)CN=C(NCc1cccs1)N1CCC(COCc2ccccc2)C1. The number of carbonyl (C=O) groups is 1. The molecule has 1 aliphatic rings. The molecule has 29 heavy (non-hydrogen) atoms. The summed E-state index contributed by atoms with van der Waals surface area (Å²) < 4.78 is 5.93. The minimum absolute atomic E-state index is 0.00219. The highest BCUT2D eigenvalue weighted by molar-refractivity contribution is 7.09. The molecule has 0 radical (unpaired) electrons. The molecule has 0 aliphatic carbocycles. The summed E-state index contributed by atoms with van der Waals surface area (Å²) in [5.41, 5.74) is 1.20. The molecule has 2 heterocycles. The van der Waals surface area contributed by atoms with Crippen LogP contribution in [0.4, 0.5) is 0 Å². The standard InChI is InChI=1S/C22H30N4O2S/c1-25(2)21(27)14-24-22(23-13-20-9-6-12-29-20)26-11-10-19(15-26)17-28-16-18-7-4-3-5-8-18/h3-9,12,19H,10-11,13-17H2,1-2H3,(H,23,24). The first-order chi connectivity index (χ1) is 14.1. The van der Waals surface area contributed by atoms with Crippen molar-refractivity contribution in [3.05, 3.63) is 58.3 Å². The van der Waals surface area contributed by atoms with Gasteiger partial charge in [0.2, 0.25) is 5.91 Å². The summed E-state index contributed by atoms with van der Waals surface area (Å²) in [5, 5.41) is 5.50. The Kier molecular flexibility index (Phi) is 8.07. The summed E-state index contributed by atoms with van der Waals surface area (Å²) in [7, 11) is 3.51. The molecule has 156 valence electrons. The van der Waals surface area contributed by atoms with Crippen molar-refractivity contribution in [2.45, 2.75) is 19.6 Å². The smallest absolute Gasteiger partial charge is 0.243 e. The van der Waals surface area contributed by atoms with Crippen LogP contribution in [0.25, 0.3) is 0 Å². The lowest BCUT2D eigenvalue weighted by atomic mass is 10.1. The van der Waals surface area contributed by atoms with Gasteiger partial charge in [0.25, 0.3) is 0 Å². The van der Waals surface area contributed by atoms with Gasteiger partial charge in [-0.05, 0) is 23.4 Å². The number of thiophene rings is 1. The molecule has 7 heteroatoms. The first-order valence-electron chi connectivity index (χ1n) is 9.99. The summed E-state index contributed by atoms with van der Waals surface area (Å²) in [6.45, 7) is 4.07. The highest BCUT2D eigenvalue weighted by Gasteiger charge is 2.25. The van der Waals surface area contributed by atoms with Gasteiger partial charge in [0.15, 0.2) is 5.96 Å². The van der Waals surface area contributed by atoms with E-state index in [-0.39, 0.29) is 12.5 Å². The van der Waals surface area contributed by atoms with Crippen LogP contribution in [0.1, 0.15) is 16.9 Å². The van der Waals surface area contributed by atoms with Crippen LogP contribution in [0.2, 0.25) is 0 Å². The molecule has 1 atom stereocenters. The number of hydrogen-bond acceptors (Lipinski definition) is 4. The van der Waals surface area contributed by atoms with E-state index >= 15 is 0 Å². The molecule has 1 aliphatic heterocycles. The second-order valence-corrected chi connectivity index (χ2v) is 8.49. The molecule has 1 aromatic heterocycles. The fraction of sp³-hybridized carbons (Fsp3) is 0.455. The fourth-order valence-corrected chi connectivity index (χ4v) is 3.85. The second-order valence-electron chi connectivity index (χ2n) is 7.46. The molecule has 1 amide bonds. The fourth-order valence-electron chi connectivity index (χ4n) is 3.21. The van der Waals surface area contributed by atoms with Gasteiger partial charge in [-0.25, -0.2) is 4.99 Å². The van der Waals surface area contributed by atoms with Crippen LogP contribution in [0.5, 0.6) is 0 Å². The predicted molar refractivity (Wildman–Crippen MR) is 118 cm³/mol. The van der Waals surface area contributed by atoms with Gasteiger partial charge in [0.1, 0.15) is 6.54 Å². The molecule has 3 rings (SSSR count). The normalized spacial score (nSPS) is 16.8. The van der Waals surface area contributed by atoms with Crippen LogP contribution in [0.15, 0.2) is 52.8 Å². The zero-order chi connectivity index (χ0) is 20.5. The van der Waals surface area contributed by atoms with Crippen LogP contribution < -0.4 is 5.32 Å². The summed E-state index contributed by atoms with van der Waals surface area (Å²) in [6.07, 6.45) is 1.07. The number of guanidine groups is 1. The Hall–Kier alpha value is -2.38. The van der Waals surface area contributed by atoms with Gasteiger partial charge in [-0.2, -0.15) is 0 Å². The molecule has 0 spiro atoms. The first-order valence-corrected chi connectivity index (χ1v) is 10.9. The first kappa shape index (κ1) is 21.3. The average molecular weight is 415 g/mol. The zero-order valence-corrected chi connectivity index (χ0v) is 18.0. The van der Waals surface area contributed by atoms with Gasteiger partial charge in [0, 0.05) is 38.0 Å². The Morgan fingerprint density at radius 3 is 2.83 bits per heavy atom. The minimum Gasteiger partial charge on any atom is -0.376 e. The van der Waals surface area contributed by atoms with Crippen molar-refractivity contribution < 1.29 is 9.53 Å². The number of nitrogens with zero attached hydrogens (tertiary/aromatic N) is 3. The Bertz CT molecular complexity index is 777. The zero-order valence-electron chi connectivity index (χ0n) is 17.2. The summed E-state index contributed by atoms with van der Waals surface area (Å²) in [5.74, 6) is 1.28. The number of aliphatic imine (C=N–C) groups is 1. The van der Waals surface area contributed by atoms with Gasteiger partial charge in [0.05, 0.1) is 19.8 Å². The maximum absolute atomic E-state index is 12.0. The van der Waals surface area contributed by atoms with E-state index < -0.39 is 0 Å². The maximum atomic E-state index is 12.0. The molecule has 1 unspecified atom stereocenters. The topological polar surface area (TPSA) is 57.2 Å². The van der Waals surface area contributed by atoms with Crippen molar-refractivity contribution >= 4 is 23.2 Å². The van der Waals surface area contributed by atoms with Crippen LogP contribution in [-0.2, 0) is 22.7 Å². The lowest BCUT2D eigenvalue weighted by molar-refractivity contribution is -0.127. The van der Waals surface area contributed by atoms with Crippen molar-refractivity contribution in [2.24, 2.45) is 10.9 Å². The summed E-state index contributed by atoms with van der Waals surface area (Å²) in [6, 6.07) is 14.4. The Morgan fingerprint density at radius 1 is 1.28 bits per heavy atom. The van der Waals surface area contributed by atoms with E-state index in [0.717, 1.165) is 38.6 Å². The molecule has 6 nitrogen and oxygen atoms in total. The molecule has 1 saturated heterocycles. The number of hydrogen-bond donors (Lipinski definition) is 1. The number of carbonyl (C=O) groups excluding carboxylic acids is 1. The number of ether oxygens (including phenoxy) is 1. The molecule has 1 fully saturated rings. The predicted octanol–water partition coefficient (Wildman–Crippen LogP) is 2.82. The van der Waals surface area contributed by atoms with E-state index in [1.54, 1.807) is 30.3 Å². The number of likely N-dealkylation sites (tertiary alicyclic amines) is 1. The van der Waals surface area contributed by atoms with E-state index in [9.17, 15) is 4.79 Å². The third kappa shape index (κ3) is 6.87. The largest absolute Gasteiger partial charge is 0.376 e. The molecular formula is C22H30N4O2S. The average Bonchev–Trinajstić information content (AvgIpc) is 3.41. The number of amides is 1. The highest BCUT2D eigenvalue weighted by Crippen LogP contribution is 2.18. The van der Waals surface area contributed by atoms with E-state index in [4.69, 9.17) is 4.74 Å². The van der Waals surface area contributed by atoms with Crippen LogP contribution in [0.3, 0.4) is 0 Å². The van der Waals surface area contributed by atoms with Crippen molar-refractivity contribution in [2.75, 3.05) is 40.3 Å². The van der Waals surface area contributed by atoms with E-state index in [1.807, 2.05) is 24.3 Å². The molecule has 2 aromatic rings. The Balaban J connectivity index is 1.52. The van der Waals surface area contributed by atoms with E-state index in [0.29, 0.717) is 12.5 Å². The van der Waals surface area contributed by atoms with Gasteiger partial charge >= 0.3 is 0 Å². The second kappa shape index (κ2) is 11.0. The Labute approximate surface area is 177 Å². The molecule has 1 N–H and O–H groups in total. The lowest BCUT2D eigenvalue weighted by Gasteiger charge is -2.22. The third-order valence-electron chi connectivity index (χ3n) is 4.91. The number of likely N-dealkylation sites (N-methyl/N-ethyl adjacent to an activating group) is 1. The van der Waals surface area contributed by atoms with Gasteiger partial charge in [-0.15, -0.1) is 11.3 Å². The molecule has 0 bridgehead atoms. The van der Waals surface area contributed by atoms with Crippen molar-refractivity contribution in [1.82, 2.24) is 15.1 Å². The van der Waals surface area contributed by atoms with Gasteiger partial charge < -0.3 is 19.9 Å². The molecule has 1 aromatic carbocycles. The number of nitrogens with one attached hydrogen (secondary N) is 1. The maximum Gasteiger partial charge on any atom is 0.243 e. The van der Waals surface area contributed by atoms with Crippen molar-refractivity contribution in [3.63, 3.8) is 0 Å². The number of rotatable bonds is 8. The Morgan fingerprint density at radius 2 is 2.10 bits per heavy atom. The third-order valence-corrected chi connectivity index (χ3v) is 5.79. The van der Waals surface area contributed by atoms with E-state index in [2.05, 4.69) is 38.8 Å². The highest BCUT2D eigenvalue weighted by atomic mass is 32.1. The van der Waals surface area contributed by atoms with Crippen LogP contribution in [0, 0.1) is 5.92 Å². The van der Waals surface area contributed by atoms with Gasteiger partial charge in [-0.1, -0.05) is 36.4 Å².